The highest BCUT2D eigenvalue weighted by molar-refractivity contribution is 6.07. The number of hydrogen-bond donors (Lipinski definition) is 6. The molecule has 1 atom stereocenters. The summed E-state index contributed by atoms with van der Waals surface area (Å²) in [7, 11) is 0. The van der Waals surface area contributed by atoms with Crippen LogP contribution in [0.2, 0.25) is 0 Å². The summed E-state index contributed by atoms with van der Waals surface area (Å²) in [5, 5.41) is 46.2. The molecule has 2 saturated carbocycles. The Hall–Kier alpha value is -12.5. The molecule has 12 aromatic heterocycles. The van der Waals surface area contributed by atoms with Gasteiger partial charge in [0.15, 0.2) is 5.82 Å². The normalized spacial score (nSPS) is 16.2. The Morgan fingerprint density at radius 2 is 0.805 bits per heavy atom. The number of hydrogen-bond acceptors (Lipinski definition) is 28. The summed E-state index contributed by atoms with van der Waals surface area (Å²) >= 11 is 0. The minimum absolute atomic E-state index is 0. The van der Waals surface area contributed by atoms with E-state index in [-0.39, 0.29) is 48.8 Å². The summed E-state index contributed by atoms with van der Waals surface area (Å²) in [5.74, 6) is 4.25. The van der Waals surface area contributed by atoms with E-state index in [0.717, 1.165) is 226 Å². The van der Waals surface area contributed by atoms with E-state index in [1.54, 1.807) is 12.4 Å². The van der Waals surface area contributed by atoms with Gasteiger partial charge in [-0.15, -0.1) is 24.8 Å². The molecule has 1 unspecified atom stereocenters. The Morgan fingerprint density at radius 1 is 0.390 bits per heavy atom. The number of morpholine rings is 2. The number of ether oxygens (including phenoxy) is 2. The zero-order valence-corrected chi connectivity index (χ0v) is 71.6. The van der Waals surface area contributed by atoms with E-state index in [1.165, 1.54) is 42.9 Å². The van der Waals surface area contributed by atoms with E-state index < -0.39 is 0 Å². The number of aromatic nitrogens is 20. The van der Waals surface area contributed by atoms with Crippen molar-refractivity contribution in [3.05, 3.63) is 170 Å². The predicted octanol–water partition coefficient (Wildman–Crippen LogP) is 15.1. The maximum atomic E-state index is 14.7. The average Bonchev–Trinajstić information content (AvgIpc) is 1.65. The van der Waals surface area contributed by atoms with Crippen LogP contribution in [0.25, 0.3) is 87.2 Å². The van der Waals surface area contributed by atoms with Crippen LogP contribution < -0.4 is 51.5 Å². The number of nitrogens with zero attached hydrogens (tertiary/aromatic N) is 24. The van der Waals surface area contributed by atoms with Crippen LogP contribution >= 0.6 is 24.8 Å². The van der Waals surface area contributed by atoms with E-state index in [4.69, 9.17) is 29.4 Å². The molecule has 123 heavy (non-hydrogen) atoms. The predicted molar refractivity (Wildman–Crippen MR) is 488 cm³/mol. The molecular weight excluding hydrogens is 1600 g/mol. The van der Waals surface area contributed by atoms with Gasteiger partial charge in [0.25, 0.3) is 0 Å². The van der Waals surface area contributed by atoms with Gasteiger partial charge in [-0.3, -0.25) is 18.7 Å². The number of aryl methyl sites for hydroxylation is 3. The van der Waals surface area contributed by atoms with E-state index in [2.05, 4.69) is 220 Å². The Balaban J connectivity index is 0.000000116. The van der Waals surface area contributed by atoms with Crippen molar-refractivity contribution in [2.45, 2.75) is 111 Å². The van der Waals surface area contributed by atoms with Crippen molar-refractivity contribution >= 4 is 182 Å². The zero-order chi connectivity index (χ0) is 82.4. The molecular formula is C88H99Cl2FN30O2. The summed E-state index contributed by atoms with van der Waals surface area (Å²) in [6.45, 7) is 29.9. The number of halogens is 3. The first-order valence-electron chi connectivity index (χ1n) is 41.9. The molecule has 6 N–H and O–H groups in total. The summed E-state index contributed by atoms with van der Waals surface area (Å²) < 4.78 is 34.1. The number of rotatable bonds is 16. The third-order valence-electron chi connectivity index (χ3n) is 22.9. The van der Waals surface area contributed by atoms with Gasteiger partial charge in [0.2, 0.25) is 23.8 Å². The molecule has 634 valence electrons. The molecule has 35 heteroatoms. The molecule has 0 amide bonds. The Labute approximate surface area is 721 Å². The molecule has 16 heterocycles. The number of benzene rings is 4. The Bertz CT molecular complexity index is 6480. The minimum Gasteiger partial charge on any atom is -0.378 e. The van der Waals surface area contributed by atoms with Crippen molar-refractivity contribution in [1.29, 1.82) is 0 Å². The van der Waals surface area contributed by atoms with Crippen molar-refractivity contribution in [3.63, 3.8) is 0 Å². The fourth-order valence-electron chi connectivity index (χ4n) is 16.3. The van der Waals surface area contributed by atoms with Crippen LogP contribution in [0.15, 0.2) is 147 Å². The number of nitrogens with one attached hydrogen (secondary N) is 6. The number of fused-ring (bicyclic) bond motifs is 12. The highest BCUT2D eigenvalue weighted by atomic mass is 35.5. The molecule has 4 aliphatic heterocycles. The molecule has 0 bridgehead atoms. The van der Waals surface area contributed by atoms with Crippen LogP contribution in [-0.2, 0) is 9.47 Å². The number of pyridine rings is 4. The first-order chi connectivity index (χ1) is 59.1. The standard InChI is InChI=1S/C22H25FN8.C22H26N8.2C22H23N7O.2ClH/c1-13(2)31-21-16(11-27-31)14(3)8-15-10-26-22(29-20(15)21)28-19-9-17(23)18(12-25-19)30-6-4-24-5-7-30;1-14(2)30-21-18(13-26-30)15(3)10-16-11-25-22(28-20(16)21)27-19-5-4-17(12-24-19)29-8-6-23-7-9-29;1-14-10-19(23-13-18(14)28-6-8-30-9-7-28)26-22-24-11-15-2-3-16-12-25-29(17-4-5-17)21(16)20(15)27-22;1-14-13-28(8-9-30-14)18-6-7-19(23-12-18)26-22-24-10-15-2-3-16-11-25-29(17-4-5-17)21(16)20(15)27-22;;/h8-13,24H,4-7H2,1-3H3,(H,25,26,28,29);4-5,10-14,23H,6-9H2,1-3H3,(H,24,25,27,28);2-3,10-13,17H,4-9H2,1H3,(H,23,24,26,27);2-3,6-7,10-12,14,17H,4-5,8-9,13H2,1H3,(H,23,24,26,27);2*1H. The van der Waals surface area contributed by atoms with Gasteiger partial charge in [-0.25, -0.2) is 64.2 Å². The zero-order valence-electron chi connectivity index (χ0n) is 69.9. The van der Waals surface area contributed by atoms with Crippen LogP contribution in [0.3, 0.4) is 0 Å². The monoisotopic (exact) mass is 1700 g/mol. The number of piperazine rings is 2. The van der Waals surface area contributed by atoms with Gasteiger partial charge in [-0.1, -0.05) is 24.3 Å². The lowest BCUT2D eigenvalue weighted by atomic mass is 10.1. The van der Waals surface area contributed by atoms with Gasteiger partial charge in [0.05, 0.1) is 132 Å². The average molecular weight is 1700 g/mol. The SMILES string of the molecule is CC1CN(c2ccc(Nc3ncc4ccc5cnn(C6CC6)c5c4n3)nc2)CCO1.Cc1cc(Nc2ncc3ccc4cnn(C5CC5)c4c3n2)ncc1N1CCOCC1.Cc1cc2cnc(Nc3cc(F)c(N4CCNCC4)cn3)nc2c2c1cnn2C(C)C.Cc1cc2cnc(Nc3ccc(N4CCNCC4)cn3)nc2c2c1cnn2C(C)C.Cl.Cl. The van der Waals surface area contributed by atoms with E-state index in [9.17, 15) is 4.39 Å². The van der Waals surface area contributed by atoms with Gasteiger partial charge in [0.1, 0.15) is 45.3 Å². The van der Waals surface area contributed by atoms with Crippen molar-refractivity contribution in [1.82, 2.24) is 110 Å². The highest BCUT2D eigenvalue weighted by Crippen LogP contribution is 2.41. The van der Waals surface area contributed by atoms with Crippen LogP contribution in [-0.4, -0.2) is 203 Å². The summed E-state index contributed by atoms with van der Waals surface area (Å²) in [4.78, 5) is 64.2. The lowest BCUT2D eigenvalue weighted by Gasteiger charge is -2.32. The van der Waals surface area contributed by atoms with E-state index in [0.29, 0.717) is 47.4 Å². The Kier molecular flexibility index (Phi) is 24.1. The van der Waals surface area contributed by atoms with E-state index >= 15 is 0 Å². The first-order valence-corrected chi connectivity index (χ1v) is 41.9. The molecule has 6 fully saturated rings. The lowest BCUT2D eigenvalue weighted by Crippen LogP contribution is -2.43. The van der Waals surface area contributed by atoms with Gasteiger partial charge in [-0.2, -0.15) is 20.4 Å². The fourth-order valence-corrected chi connectivity index (χ4v) is 16.3. The fraction of sp³-hybridized carbons (Fsp3) is 0.364. The third-order valence-corrected chi connectivity index (χ3v) is 22.9. The number of anilines is 12. The summed E-state index contributed by atoms with van der Waals surface area (Å²) in [6, 6.07) is 25.5. The molecule has 4 aromatic carbocycles. The quantitative estimate of drug-likeness (QED) is 0.0523. The second-order valence-electron chi connectivity index (χ2n) is 32.3. The van der Waals surface area contributed by atoms with Gasteiger partial charge in [0, 0.05) is 165 Å². The highest BCUT2D eigenvalue weighted by Gasteiger charge is 2.30. The van der Waals surface area contributed by atoms with Crippen molar-refractivity contribution < 1.29 is 13.9 Å². The van der Waals surface area contributed by atoms with Crippen LogP contribution in [0.5, 0.6) is 0 Å². The molecule has 22 rings (SSSR count). The van der Waals surface area contributed by atoms with Gasteiger partial charge in [-0.05, 0) is 140 Å². The largest absolute Gasteiger partial charge is 0.378 e. The van der Waals surface area contributed by atoms with Gasteiger partial charge >= 0.3 is 0 Å². The first kappa shape index (κ1) is 82.8. The van der Waals surface area contributed by atoms with Crippen molar-refractivity contribution in [2.75, 3.05) is 139 Å². The lowest BCUT2D eigenvalue weighted by molar-refractivity contribution is 0.0532. The molecule has 0 spiro atoms. The third kappa shape index (κ3) is 17.7. The van der Waals surface area contributed by atoms with Crippen molar-refractivity contribution in [2.24, 2.45) is 0 Å². The molecule has 0 radical (unpaired) electrons. The molecule has 2 aliphatic carbocycles. The molecule has 16 aromatic rings. The topological polar surface area (TPSA) is 330 Å². The van der Waals surface area contributed by atoms with E-state index in [1.807, 2.05) is 94.4 Å². The molecule has 32 nitrogen and oxygen atoms in total. The van der Waals surface area contributed by atoms with Crippen molar-refractivity contribution in [3.8, 4) is 0 Å². The summed E-state index contributed by atoms with van der Waals surface area (Å²) in [6.07, 6.45) is 27.3. The second kappa shape index (κ2) is 35.9. The molecule has 4 saturated heterocycles. The van der Waals surface area contributed by atoms with Crippen LogP contribution in [0.1, 0.15) is 101 Å². The minimum atomic E-state index is -0.309. The second-order valence-corrected chi connectivity index (χ2v) is 32.3. The van der Waals surface area contributed by atoms with Crippen LogP contribution in [0.4, 0.5) is 74.2 Å². The smallest absolute Gasteiger partial charge is 0.228 e. The van der Waals surface area contributed by atoms with Crippen LogP contribution in [0, 0.1) is 26.6 Å². The Morgan fingerprint density at radius 3 is 1.25 bits per heavy atom. The van der Waals surface area contributed by atoms with Gasteiger partial charge < -0.3 is 61.0 Å². The maximum absolute atomic E-state index is 14.7. The maximum Gasteiger partial charge on any atom is 0.228 e. The summed E-state index contributed by atoms with van der Waals surface area (Å²) in [5.41, 5.74) is 15.2. The molecule has 6 aliphatic rings.